The molecule has 0 aliphatic carbocycles. The summed E-state index contributed by atoms with van der Waals surface area (Å²) in [7, 11) is 0. The van der Waals surface area contributed by atoms with E-state index in [4.69, 9.17) is 5.73 Å². The number of nitrogens with two attached hydrogens (primary N) is 1. The minimum atomic E-state index is 0.574. The summed E-state index contributed by atoms with van der Waals surface area (Å²) in [6.45, 7) is 0. The van der Waals surface area contributed by atoms with Crippen molar-refractivity contribution in [1.29, 1.82) is 0 Å². The Bertz CT molecular complexity index is 642. The van der Waals surface area contributed by atoms with E-state index >= 15 is 0 Å². The Morgan fingerprint density at radius 2 is 2.00 bits per heavy atom. The highest BCUT2D eigenvalue weighted by Gasteiger charge is 2.02. The Kier molecular flexibility index (Phi) is 1.86. The molecule has 0 spiro atoms. The summed E-state index contributed by atoms with van der Waals surface area (Å²) < 4.78 is 0. The zero-order chi connectivity index (χ0) is 11.0. The third-order valence-corrected chi connectivity index (χ3v) is 2.53. The van der Waals surface area contributed by atoms with Crippen molar-refractivity contribution in [2.75, 3.05) is 5.73 Å². The molecule has 1 aromatic carbocycles. The highest BCUT2D eigenvalue weighted by atomic mass is 15.2. The quantitative estimate of drug-likeness (QED) is 0.647. The first-order valence-electron chi connectivity index (χ1n) is 4.98. The zero-order valence-corrected chi connectivity index (χ0v) is 8.51. The lowest BCUT2D eigenvalue weighted by Gasteiger charge is -1.99. The minimum absolute atomic E-state index is 0.574. The number of hydrogen-bond donors (Lipinski definition) is 2. The first kappa shape index (κ1) is 8.91. The van der Waals surface area contributed by atoms with Crippen molar-refractivity contribution < 1.29 is 0 Å². The fourth-order valence-corrected chi connectivity index (χ4v) is 1.73. The number of benzene rings is 1. The standard InChI is InChI=1S/C12H10N4/c13-12-6-11(15-16-12)9-1-2-10-7-14-4-3-8(10)5-9/h1-7H,(H3,13,15,16). The van der Waals surface area contributed by atoms with Crippen LogP contribution >= 0.6 is 0 Å². The highest BCUT2D eigenvalue weighted by molar-refractivity contribution is 5.86. The molecule has 0 bridgehead atoms. The first-order valence-corrected chi connectivity index (χ1v) is 4.98. The largest absolute Gasteiger partial charge is 0.384 e. The molecule has 2 heterocycles. The average molecular weight is 210 g/mol. The Morgan fingerprint density at radius 1 is 1.06 bits per heavy atom. The molecule has 0 unspecified atom stereocenters. The van der Waals surface area contributed by atoms with Gasteiger partial charge in [0.1, 0.15) is 5.82 Å². The van der Waals surface area contributed by atoms with Crippen molar-refractivity contribution >= 4 is 16.6 Å². The van der Waals surface area contributed by atoms with Gasteiger partial charge in [-0.25, -0.2) is 0 Å². The normalized spacial score (nSPS) is 10.8. The van der Waals surface area contributed by atoms with Crippen LogP contribution < -0.4 is 5.73 Å². The second-order valence-electron chi connectivity index (χ2n) is 3.65. The number of rotatable bonds is 1. The van der Waals surface area contributed by atoms with Crippen LogP contribution in [0, 0.1) is 0 Å². The highest BCUT2D eigenvalue weighted by Crippen LogP contribution is 2.23. The van der Waals surface area contributed by atoms with Crippen LogP contribution in [0.15, 0.2) is 42.7 Å². The molecule has 78 valence electrons. The maximum atomic E-state index is 5.60. The van der Waals surface area contributed by atoms with Gasteiger partial charge in [-0.05, 0) is 17.5 Å². The summed E-state index contributed by atoms with van der Waals surface area (Å²) in [4.78, 5) is 4.08. The van der Waals surface area contributed by atoms with Crippen molar-refractivity contribution in [2.24, 2.45) is 0 Å². The van der Waals surface area contributed by atoms with Gasteiger partial charge in [0, 0.05) is 29.4 Å². The van der Waals surface area contributed by atoms with E-state index in [9.17, 15) is 0 Å². The topological polar surface area (TPSA) is 67.6 Å². The summed E-state index contributed by atoms with van der Waals surface area (Å²) >= 11 is 0. The summed E-state index contributed by atoms with van der Waals surface area (Å²) in [5.74, 6) is 0.574. The lowest BCUT2D eigenvalue weighted by Crippen LogP contribution is -1.81. The molecule has 0 aliphatic rings. The van der Waals surface area contributed by atoms with Crippen molar-refractivity contribution in [3.8, 4) is 11.3 Å². The maximum absolute atomic E-state index is 5.60. The van der Waals surface area contributed by atoms with Crippen LogP contribution in [0.25, 0.3) is 22.0 Å². The fourth-order valence-electron chi connectivity index (χ4n) is 1.73. The maximum Gasteiger partial charge on any atom is 0.119 e. The van der Waals surface area contributed by atoms with Gasteiger partial charge in [-0.15, -0.1) is 0 Å². The number of pyridine rings is 1. The van der Waals surface area contributed by atoms with Gasteiger partial charge >= 0.3 is 0 Å². The number of nitrogens with zero attached hydrogens (tertiary/aromatic N) is 2. The van der Waals surface area contributed by atoms with Crippen molar-refractivity contribution in [3.63, 3.8) is 0 Å². The van der Waals surface area contributed by atoms with Gasteiger partial charge in [0.05, 0.1) is 5.69 Å². The van der Waals surface area contributed by atoms with Gasteiger partial charge < -0.3 is 5.73 Å². The number of anilines is 1. The lowest BCUT2D eigenvalue weighted by molar-refractivity contribution is 1.10. The van der Waals surface area contributed by atoms with Crippen molar-refractivity contribution in [3.05, 3.63) is 42.7 Å². The monoisotopic (exact) mass is 210 g/mol. The van der Waals surface area contributed by atoms with Gasteiger partial charge in [0.25, 0.3) is 0 Å². The molecule has 0 fully saturated rings. The summed E-state index contributed by atoms with van der Waals surface area (Å²) in [5, 5.41) is 9.13. The van der Waals surface area contributed by atoms with Crippen LogP contribution in [0.5, 0.6) is 0 Å². The number of fused-ring (bicyclic) bond motifs is 1. The number of H-pyrrole nitrogens is 1. The molecule has 0 saturated heterocycles. The molecule has 16 heavy (non-hydrogen) atoms. The van der Waals surface area contributed by atoms with Crippen molar-refractivity contribution in [2.45, 2.75) is 0 Å². The molecular weight excluding hydrogens is 200 g/mol. The van der Waals surface area contributed by atoms with E-state index in [1.54, 1.807) is 6.20 Å². The van der Waals surface area contributed by atoms with Crippen LogP contribution in [0.4, 0.5) is 5.82 Å². The lowest BCUT2D eigenvalue weighted by atomic mass is 10.1. The third kappa shape index (κ3) is 1.40. The van der Waals surface area contributed by atoms with Crippen LogP contribution in [0.3, 0.4) is 0 Å². The Morgan fingerprint density at radius 3 is 2.81 bits per heavy atom. The first-order chi connectivity index (χ1) is 7.83. The molecule has 3 rings (SSSR count). The molecule has 0 amide bonds. The molecular formula is C12H10N4. The number of hydrogen-bond acceptors (Lipinski definition) is 3. The van der Waals surface area contributed by atoms with E-state index < -0.39 is 0 Å². The summed E-state index contributed by atoms with van der Waals surface area (Å²) in [6.07, 6.45) is 3.63. The second kappa shape index (κ2) is 3.34. The molecule has 4 heteroatoms. The van der Waals surface area contributed by atoms with E-state index in [1.807, 2.05) is 30.5 Å². The molecule has 0 atom stereocenters. The van der Waals surface area contributed by atoms with Crippen molar-refractivity contribution in [1.82, 2.24) is 15.2 Å². The van der Waals surface area contributed by atoms with Gasteiger partial charge in [0.2, 0.25) is 0 Å². The van der Waals surface area contributed by atoms with Crippen LogP contribution in [0.1, 0.15) is 0 Å². The Balaban J connectivity index is 2.18. The van der Waals surface area contributed by atoms with E-state index in [0.717, 1.165) is 22.0 Å². The molecule has 3 N–H and O–H groups in total. The Hall–Kier alpha value is -2.36. The molecule has 3 aromatic rings. The summed E-state index contributed by atoms with van der Waals surface area (Å²) in [5.41, 5.74) is 7.51. The second-order valence-corrected chi connectivity index (χ2v) is 3.65. The molecule has 0 saturated carbocycles. The molecule has 0 radical (unpaired) electrons. The van der Waals surface area contributed by atoms with Gasteiger partial charge in [0.15, 0.2) is 0 Å². The van der Waals surface area contributed by atoms with E-state index in [0.29, 0.717) is 5.82 Å². The van der Waals surface area contributed by atoms with E-state index in [2.05, 4.69) is 21.2 Å². The zero-order valence-electron chi connectivity index (χ0n) is 8.51. The van der Waals surface area contributed by atoms with Gasteiger partial charge in [-0.2, -0.15) is 5.10 Å². The molecule has 2 aromatic heterocycles. The fraction of sp³-hybridized carbons (Fsp3) is 0. The summed E-state index contributed by atoms with van der Waals surface area (Å²) in [6, 6.07) is 9.92. The van der Waals surface area contributed by atoms with Gasteiger partial charge in [-0.3, -0.25) is 10.1 Å². The third-order valence-electron chi connectivity index (χ3n) is 2.53. The minimum Gasteiger partial charge on any atom is -0.384 e. The molecule has 4 nitrogen and oxygen atoms in total. The van der Waals surface area contributed by atoms with Crippen LogP contribution in [-0.2, 0) is 0 Å². The van der Waals surface area contributed by atoms with Gasteiger partial charge in [-0.1, -0.05) is 12.1 Å². The predicted octanol–water partition coefficient (Wildman–Crippen LogP) is 2.21. The predicted molar refractivity (Wildman–Crippen MR) is 63.7 cm³/mol. The van der Waals surface area contributed by atoms with E-state index in [1.165, 1.54) is 0 Å². The SMILES string of the molecule is Nc1cc(-c2ccc3cnccc3c2)n[nH]1. The van der Waals surface area contributed by atoms with Crippen LogP contribution in [-0.4, -0.2) is 15.2 Å². The smallest absolute Gasteiger partial charge is 0.119 e. The molecule has 0 aliphatic heterocycles. The number of aromatic nitrogens is 3. The number of nitrogens with one attached hydrogen (secondary N) is 1. The van der Waals surface area contributed by atoms with E-state index in [-0.39, 0.29) is 0 Å². The number of nitrogen functional groups attached to an aromatic ring is 1. The average Bonchev–Trinajstić information content (AvgIpc) is 2.75. The number of aromatic amines is 1. The Labute approximate surface area is 92.1 Å². The van der Waals surface area contributed by atoms with Crippen LogP contribution in [0.2, 0.25) is 0 Å².